The lowest BCUT2D eigenvalue weighted by Crippen LogP contribution is -2.22. The quantitative estimate of drug-likeness (QED) is 0.651. The van der Waals surface area contributed by atoms with Gasteiger partial charge >= 0.3 is 11.9 Å². The van der Waals surface area contributed by atoms with E-state index in [2.05, 4.69) is 24.1 Å². The molecule has 0 saturated carbocycles. The predicted molar refractivity (Wildman–Crippen MR) is 111 cm³/mol. The number of benzene rings is 2. The Morgan fingerprint density at radius 2 is 1.31 bits per heavy atom. The molecule has 0 fully saturated rings. The fourth-order valence-electron chi connectivity index (χ4n) is 2.71. The number of nitrogens with one attached hydrogen (secondary N) is 1. The molecule has 7 heteroatoms. The molecule has 1 N–H and O–H groups in total. The molecule has 0 aliphatic carbocycles. The van der Waals surface area contributed by atoms with Gasteiger partial charge in [-0.05, 0) is 69.3 Å². The van der Waals surface area contributed by atoms with Crippen molar-refractivity contribution in [2.24, 2.45) is 0 Å². The summed E-state index contributed by atoms with van der Waals surface area (Å²) in [4.78, 5) is 37.9. The molecule has 0 radical (unpaired) electrons. The Labute approximate surface area is 170 Å². The number of ether oxygens (including phenoxy) is 2. The lowest BCUT2D eigenvalue weighted by Gasteiger charge is -2.20. The predicted octanol–water partition coefficient (Wildman–Crippen LogP) is 3.51. The maximum atomic E-state index is 12.1. The average Bonchev–Trinajstić information content (AvgIpc) is 2.74. The Morgan fingerprint density at radius 1 is 0.793 bits per heavy atom. The van der Waals surface area contributed by atoms with E-state index in [1.807, 2.05) is 12.1 Å². The fraction of sp³-hybridized carbons (Fsp3) is 0.318. The molecule has 29 heavy (non-hydrogen) atoms. The number of hydrogen-bond donors (Lipinski definition) is 1. The molecule has 0 aliphatic rings. The summed E-state index contributed by atoms with van der Waals surface area (Å²) in [5, 5.41) is 2.61. The van der Waals surface area contributed by atoms with Crippen LogP contribution in [0.4, 0.5) is 11.4 Å². The number of nitrogens with zero attached hydrogens (tertiary/aromatic N) is 1. The van der Waals surface area contributed by atoms with Crippen molar-refractivity contribution in [1.82, 2.24) is 0 Å². The first kappa shape index (κ1) is 21.9. The van der Waals surface area contributed by atoms with Crippen molar-refractivity contribution in [2.45, 2.75) is 20.8 Å². The van der Waals surface area contributed by atoms with Crippen molar-refractivity contribution < 1.29 is 23.9 Å². The molecule has 0 bridgehead atoms. The van der Waals surface area contributed by atoms with Crippen LogP contribution in [0.25, 0.3) is 0 Å². The van der Waals surface area contributed by atoms with Crippen LogP contribution in [-0.4, -0.2) is 44.1 Å². The third-order valence-electron chi connectivity index (χ3n) is 4.25. The van der Waals surface area contributed by atoms with Crippen LogP contribution in [-0.2, 0) is 14.3 Å². The fourth-order valence-corrected chi connectivity index (χ4v) is 2.71. The van der Waals surface area contributed by atoms with Gasteiger partial charge in [-0.2, -0.15) is 0 Å². The van der Waals surface area contributed by atoms with Gasteiger partial charge in [0.15, 0.2) is 6.61 Å². The minimum atomic E-state index is -0.566. The zero-order valence-corrected chi connectivity index (χ0v) is 16.9. The number of amides is 1. The Morgan fingerprint density at radius 3 is 1.83 bits per heavy atom. The Hall–Kier alpha value is -3.35. The van der Waals surface area contributed by atoms with Crippen molar-refractivity contribution in [3.05, 3.63) is 59.7 Å². The van der Waals surface area contributed by atoms with Crippen LogP contribution in [0.5, 0.6) is 0 Å². The van der Waals surface area contributed by atoms with Gasteiger partial charge in [0, 0.05) is 24.5 Å². The van der Waals surface area contributed by atoms with Crippen molar-refractivity contribution >= 4 is 29.2 Å². The second-order valence-electron chi connectivity index (χ2n) is 6.14. The zero-order chi connectivity index (χ0) is 21.2. The number of carbonyl (C=O) groups is 3. The van der Waals surface area contributed by atoms with E-state index in [1.54, 1.807) is 43.3 Å². The molecule has 0 aromatic heterocycles. The number of carbonyl (C=O) groups excluding carboxylic acids is 3. The second-order valence-corrected chi connectivity index (χ2v) is 6.14. The van der Waals surface area contributed by atoms with Gasteiger partial charge in [-0.3, -0.25) is 4.79 Å². The number of rotatable bonds is 9. The van der Waals surface area contributed by atoms with Crippen molar-refractivity contribution in [3.63, 3.8) is 0 Å². The van der Waals surface area contributed by atoms with Crippen LogP contribution in [0.1, 0.15) is 41.5 Å². The molecular weight excluding hydrogens is 372 g/mol. The molecule has 2 aromatic carbocycles. The highest BCUT2D eigenvalue weighted by atomic mass is 16.5. The maximum Gasteiger partial charge on any atom is 0.338 e. The first-order chi connectivity index (χ1) is 14.0. The van der Waals surface area contributed by atoms with Gasteiger partial charge in [-0.15, -0.1) is 0 Å². The van der Waals surface area contributed by atoms with E-state index >= 15 is 0 Å². The van der Waals surface area contributed by atoms with Gasteiger partial charge in [-0.1, -0.05) is 0 Å². The molecular formula is C22H26N2O5. The first-order valence-electron chi connectivity index (χ1n) is 9.57. The molecule has 7 nitrogen and oxygen atoms in total. The normalized spacial score (nSPS) is 10.2. The molecule has 0 heterocycles. The molecule has 0 unspecified atom stereocenters. The third-order valence-corrected chi connectivity index (χ3v) is 4.25. The van der Waals surface area contributed by atoms with E-state index < -0.39 is 24.5 Å². The van der Waals surface area contributed by atoms with Gasteiger partial charge in [0.2, 0.25) is 0 Å². The molecule has 0 saturated heterocycles. The highest BCUT2D eigenvalue weighted by Gasteiger charge is 2.12. The standard InChI is InChI=1S/C22H26N2O5/c1-4-24(5-2)19-13-9-17(10-14-19)22(27)29-15-20(25)23-18-11-7-16(8-12-18)21(26)28-6-3/h7-14H,4-6,15H2,1-3H3,(H,23,25). The van der Waals surface area contributed by atoms with Crippen molar-refractivity contribution in [1.29, 1.82) is 0 Å². The minimum Gasteiger partial charge on any atom is -0.462 e. The molecule has 2 rings (SSSR count). The highest BCUT2D eigenvalue weighted by Crippen LogP contribution is 2.15. The summed E-state index contributed by atoms with van der Waals surface area (Å²) in [6.07, 6.45) is 0. The Balaban J connectivity index is 1.85. The molecule has 0 atom stereocenters. The average molecular weight is 398 g/mol. The summed E-state index contributed by atoms with van der Waals surface area (Å²) in [7, 11) is 0. The summed E-state index contributed by atoms with van der Waals surface area (Å²) in [6, 6.07) is 13.3. The second kappa shape index (κ2) is 10.8. The van der Waals surface area contributed by atoms with Gasteiger partial charge < -0.3 is 19.7 Å². The highest BCUT2D eigenvalue weighted by molar-refractivity contribution is 5.96. The zero-order valence-electron chi connectivity index (χ0n) is 16.9. The van der Waals surface area contributed by atoms with Crippen LogP contribution in [0.3, 0.4) is 0 Å². The summed E-state index contributed by atoms with van der Waals surface area (Å²) in [6.45, 7) is 7.50. The van der Waals surface area contributed by atoms with E-state index in [1.165, 1.54) is 0 Å². The van der Waals surface area contributed by atoms with Crippen LogP contribution in [0.15, 0.2) is 48.5 Å². The van der Waals surface area contributed by atoms with Crippen LogP contribution in [0, 0.1) is 0 Å². The molecule has 1 amide bonds. The summed E-state index contributed by atoms with van der Waals surface area (Å²) < 4.78 is 9.97. The molecule has 154 valence electrons. The number of esters is 2. The van der Waals surface area contributed by atoms with Gasteiger partial charge in [0.25, 0.3) is 5.91 Å². The van der Waals surface area contributed by atoms with Crippen LogP contribution >= 0.6 is 0 Å². The molecule has 0 spiro atoms. The van der Waals surface area contributed by atoms with Gasteiger partial charge in [-0.25, -0.2) is 9.59 Å². The van der Waals surface area contributed by atoms with Gasteiger partial charge in [0.05, 0.1) is 17.7 Å². The summed E-state index contributed by atoms with van der Waals surface area (Å²) in [5.41, 5.74) is 2.29. The van der Waals surface area contributed by atoms with Crippen LogP contribution in [0.2, 0.25) is 0 Å². The number of anilines is 2. The Kier molecular flexibility index (Phi) is 8.21. The smallest absolute Gasteiger partial charge is 0.338 e. The van der Waals surface area contributed by atoms with E-state index in [4.69, 9.17) is 9.47 Å². The first-order valence-corrected chi connectivity index (χ1v) is 9.57. The minimum absolute atomic E-state index is 0.293. The lowest BCUT2D eigenvalue weighted by molar-refractivity contribution is -0.119. The molecule has 2 aromatic rings. The lowest BCUT2D eigenvalue weighted by atomic mass is 10.2. The SMILES string of the molecule is CCOC(=O)c1ccc(NC(=O)COC(=O)c2ccc(N(CC)CC)cc2)cc1. The van der Waals surface area contributed by atoms with E-state index in [9.17, 15) is 14.4 Å². The van der Waals surface area contributed by atoms with E-state index in [0.717, 1.165) is 18.8 Å². The van der Waals surface area contributed by atoms with E-state index in [-0.39, 0.29) is 0 Å². The maximum absolute atomic E-state index is 12.1. The monoisotopic (exact) mass is 398 g/mol. The molecule has 0 aliphatic heterocycles. The summed E-state index contributed by atoms with van der Waals surface area (Å²) in [5.74, 6) is -1.46. The third kappa shape index (κ3) is 6.34. The van der Waals surface area contributed by atoms with E-state index in [0.29, 0.717) is 23.4 Å². The largest absolute Gasteiger partial charge is 0.462 e. The van der Waals surface area contributed by atoms with Crippen LogP contribution < -0.4 is 10.2 Å². The topological polar surface area (TPSA) is 84.9 Å². The number of hydrogen-bond acceptors (Lipinski definition) is 6. The van der Waals surface area contributed by atoms with Crippen molar-refractivity contribution in [3.8, 4) is 0 Å². The summed E-state index contributed by atoms with van der Waals surface area (Å²) >= 11 is 0. The van der Waals surface area contributed by atoms with Crippen molar-refractivity contribution in [2.75, 3.05) is 36.5 Å². The Bertz CT molecular complexity index is 827. The van der Waals surface area contributed by atoms with Gasteiger partial charge in [0.1, 0.15) is 0 Å².